The lowest BCUT2D eigenvalue weighted by molar-refractivity contribution is -0.120. The van der Waals surface area contributed by atoms with E-state index in [1.807, 2.05) is 48.6 Å². The Labute approximate surface area is 202 Å². The van der Waals surface area contributed by atoms with Gasteiger partial charge in [-0.1, -0.05) is 30.4 Å². The standard InChI is InChI=1S/C26H36N4O4/c1-29(18-15-21-11-14-23(33-3)24(19-21)34-4)17-6-16-28-25(31)8-5-7-20-9-12-22(13-10-20)30(2)26(27)32/h5,7,9-14,19H,6,8,15-18H2,1-4H3,(H2,27,32)(H,28,31). The van der Waals surface area contributed by atoms with Gasteiger partial charge in [-0.2, -0.15) is 0 Å². The van der Waals surface area contributed by atoms with Gasteiger partial charge in [-0.25, -0.2) is 4.79 Å². The van der Waals surface area contributed by atoms with Gasteiger partial charge in [0.25, 0.3) is 0 Å². The number of nitrogens with zero attached hydrogens (tertiary/aromatic N) is 2. The van der Waals surface area contributed by atoms with Crippen molar-refractivity contribution in [2.45, 2.75) is 19.3 Å². The lowest BCUT2D eigenvalue weighted by atomic mass is 10.1. The van der Waals surface area contributed by atoms with Crippen molar-refractivity contribution in [1.82, 2.24) is 10.2 Å². The molecule has 0 saturated carbocycles. The molecule has 0 aliphatic heterocycles. The monoisotopic (exact) mass is 468 g/mol. The van der Waals surface area contributed by atoms with E-state index < -0.39 is 6.03 Å². The number of benzene rings is 2. The van der Waals surface area contributed by atoms with Gasteiger partial charge in [0, 0.05) is 32.2 Å². The molecule has 0 bridgehead atoms. The van der Waals surface area contributed by atoms with Crippen molar-refractivity contribution in [2.24, 2.45) is 5.73 Å². The molecule has 0 fully saturated rings. The second-order valence-electron chi connectivity index (χ2n) is 8.04. The molecule has 0 saturated heterocycles. The lowest BCUT2D eigenvalue weighted by Crippen LogP contribution is -2.31. The van der Waals surface area contributed by atoms with Crippen LogP contribution in [0.3, 0.4) is 0 Å². The summed E-state index contributed by atoms with van der Waals surface area (Å²) in [6.45, 7) is 2.46. The van der Waals surface area contributed by atoms with Gasteiger partial charge in [-0.05, 0) is 61.8 Å². The van der Waals surface area contributed by atoms with Crippen molar-refractivity contribution in [3.8, 4) is 11.5 Å². The molecule has 0 aromatic heterocycles. The van der Waals surface area contributed by atoms with E-state index in [1.165, 1.54) is 10.5 Å². The zero-order valence-corrected chi connectivity index (χ0v) is 20.5. The predicted molar refractivity (Wildman–Crippen MR) is 136 cm³/mol. The zero-order valence-electron chi connectivity index (χ0n) is 20.5. The summed E-state index contributed by atoms with van der Waals surface area (Å²) in [7, 11) is 6.97. The molecule has 3 N–H and O–H groups in total. The summed E-state index contributed by atoms with van der Waals surface area (Å²) in [5, 5.41) is 2.96. The summed E-state index contributed by atoms with van der Waals surface area (Å²) < 4.78 is 10.6. The maximum atomic E-state index is 12.1. The summed E-state index contributed by atoms with van der Waals surface area (Å²) in [6, 6.07) is 12.9. The maximum absolute atomic E-state index is 12.1. The molecule has 0 radical (unpaired) electrons. The number of nitrogens with two attached hydrogens (primary N) is 1. The number of hydrogen-bond acceptors (Lipinski definition) is 5. The van der Waals surface area contributed by atoms with E-state index in [4.69, 9.17) is 15.2 Å². The van der Waals surface area contributed by atoms with Crippen LogP contribution in [0.15, 0.2) is 48.5 Å². The van der Waals surface area contributed by atoms with Crippen LogP contribution in [0, 0.1) is 0 Å². The van der Waals surface area contributed by atoms with Crippen LogP contribution >= 0.6 is 0 Å². The third kappa shape index (κ3) is 8.78. The lowest BCUT2D eigenvalue weighted by Gasteiger charge is -2.17. The molecule has 2 aromatic carbocycles. The smallest absolute Gasteiger partial charge is 0.318 e. The van der Waals surface area contributed by atoms with E-state index in [0.29, 0.717) is 13.0 Å². The quantitative estimate of drug-likeness (QED) is 0.440. The summed E-state index contributed by atoms with van der Waals surface area (Å²) in [6.07, 6.45) is 5.82. The molecule has 8 heteroatoms. The van der Waals surface area contributed by atoms with Crippen LogP contribution in [0.1, 0.15) is 24.0 Å². The molecule has 34 heavy (non-hydrogen) atoms. The Hall–Kier alpha value is -3.52. The Morgan fingerprint density at radius 1 is 1.00 bits per heavy atom. The van der Waals surface area contributed by atoms with Crippen molar-refractivity contribution >= 4 is 23.7 Å². The molecule has 0 heterocycles. The van der Waals surface area contributed by atoms with Crippen molar-refractivity contribution < 1.29 is 19.1 Å². The Balaban J connectivity index is 1.63. The number of amides is 3. The van der Waals surface area contributed by atoms with E-state index >= 15 is 0 Å². The maximum Gasteiger partial charge on any atom is 0.318 e. The van der Waals surface area contributed by atoms with Crippen molar-refractivity contribution in [3.63, 3.8) is 0 Å². The second-order valence-corrected chi connectivity index (χ2v) is 8.04. The van der Waals surface area contributed by atoms with Gasteiger partial charge >= 0.3 is 6.03 Å². The Bertz CT molecular complexity index is 960. The molecule has 3 amide bonds. The molecule has 2 aromatic rings. The summed E-state index contributed by atoms with van der Waals surface area (Å²) >= 11 is 0. The first-order chi connectivity index (χ1) is 16.3. The summed E-state index contributed by atoms with van der Waals surface area (Å²) in [4.78, 5) is 26.9. The Morgan fingerprint density at radius 2 is 1.71 bits per heavy atom. The van der Waals surface area contributed by atoms with Gasteiger partial charge in [0.15, 0.2) is 11.5 Å². The van der Waals surface area contributed by atoms with Gasteiger partial charge in [-0.3, -0.25) is 9.69 Å². The van der Waals surface area contributed by atoms with Crippen LogP contribution in [0.5, 0.6) is 11.5 Å². The molecule has 8 nitrogen and oxygen atoms in total. The first kappa shape index (κ1) is 26.7. The number of methoxy groups -OCH3 is 2. The number of hydrogen-bond donors (Lipinski definition) is 2. The normalized spacial score (nSPS) is 11.0. The van der Waals surface area contributed by atoms with E-state index in [9.17, 15) is 9.59 Å². The molecule has 0 unspecified atom stereocenters. The predicted octanol–water partition coefficient (Wildman–Crippen LogP) is 3.30. The molecular formula is C26H36N4O4. The van der Waals surface area contributed by atoms with Gasteiger partial charge < -0.3 is 25.4 Å². The van der Waals surface area contributed by atoms with E-state index in [2.05, 4.69) is 23.3 Å². The molecule has 0 spiro atoms. The highest BCUT2D eigenvalue weighted by molar-refractivity contribution is 5.90. The van der Waals surface area contributed by atoms with E-state index in [0.717, 1.165) is 48.7 Å². The number of primary amides is 1. The third-order valence-corrected chi connectivity index (χ3v) is 5.49. The largest absolute Gasteiger partial charge is 0.493 e. The molecule has 0 atom stereocenters. The SMILES string of the molecule is COc1ccc(CCN(C)CCCNC(=O)CC=Cc2ccc(N(C)C(N)=O)cc2)cc1OC. The second kappa shape index (κ2) is 13.9. The van der Waals surface area contributed by atoms with Crippen LogP contribution < -0.4 is 25.4 Å². The number of ether oxygens (including phenoxy) is 2. The van der Waals surface area contributed by atoms with Gasteiger partial charge in [0.05, 0.1) is 14.2 Å². The topological polar surface area (TPSA) is 97.1 Å². The zero-order chi connectivity index (χ0) is 24.9. The van der Waals surface area contributed by atoms with Crippen LogP contribution in [0.4, 0.5) is 10.5 Å². The summed E-state index contributed by atoms with van der Waals surface area (Å²) in [5.74, 6) is 1.47. The van der Waals surface area contributed by atoms with Crippen LogP contribution in [-0.4, -0.2) is 64.8 Å². The minimum atomic E-state index is -0.510. The molecule has 0 aliphatic rings. The fraction of sp³-hybridized carbons (Fsp3) is 0.385. The molecule has 2 rings (SSSR count). The van der Waals surface area contributed by atoms with Crippen LogP contribution in [-0.2, 0) is 11.2 Å². The number of carbonyl (C=O) groups is 2. The highest BCUT2D eigenvalue weighted by atomic mass is 16.5. The number of carbonyl (C=O) groups excluding carboxylic acids is 2. The Kier molecular flexibility index (Phi) is 10.9. The van der Waals surface area contributed by atoms with Gasteiger partial charge in [-0.15, -0.1) is 0 Å². The number of nitrogens with one attached hydrogen (secondary N) is 1. The highest BCUT2D eigenvalue weighted by Gasteiger charge is 2.07. The minimum Gasteiger partial charge on any atom is -0.493 e. The first-order valence-electron chi connectivity index (χ1n) is 11.3. The number of likely N-dealkylation sites (N-methyl/N-ethyl adjacent to an activating group) is 1. The molecule has 0 aliphatic carbocycles. The summed E-state index contributed by atoms with van der Waals surface area (Å²) in [5.41, 5.74) is 8.12. The molecule has 184 valence electrons. The van der Waals surface area contributed by atoms with E-state index in [1.54, 1.807) is 21.3 Å². The third-order valence-electron chi connectivity index (χ3n) is 5.49. The number of rotatable bonds is 13. The van der Waals surface area contributed by atoms with Crippen LogP contribution in [0.25, 0.3) is 6.08 Å². The molecular weight excluding hydrogens is 432 g/mol. The van der Waals surface area contributed by atoms with Crippen molar-refractivity contribution in [2.75, 3.05) is 52.8 Å². The number of anilines is 1. The number of urea groups is 1. The van der Waals surface area contributed by atoms with Crippen LogP contribution in [0.2, 0.25) is 0 Å². The average molecular weight is 469 g/mol. The first-order valence-corrected chi connectivity index (χ1v) is 11.3. The van der Waals surface area contributed by atoms with E-state index in [-0.39, 0.29) is 5.91 Å². The van der Waals surface area contributed by atoms with Gasteiger partial charge in [0.2, 0.25) is 5.91 Å². The highest BCUT2D eigenvalue weighted by Crippen LogP contribution is 2.27. The van der Waals surface area contributed by atoms with Crippen molar-refractivity contribution in [3.05, 3.63) is 59.7 Å². The fourth-order valence-electron chi connectivity index (χ4n) is 3.36. The van der Waals surface area contributed by atoms with Gasteiger partial charge in [0.1, 0.15) is 0 Å². The average Bonchev–Trinajstić information content (AvgIpc) is 2.85. The van der Waals surface area contributed by atoms with Crippen molar-refractivity contribution in [1.29, 1.82) is 0 Å². The Morgan fingerprint density at radius 3 is 2.35 bits per heavy atom. The fourth-order valence-corrected chi connectivity index (χ4v) is 3.36. The minimum absolute atomic E-state index is 0.00527.